The molecule has 0 bridgehead atoms. The Labute approximate surface area is 120 Å². The summed E-state index contributed by atoms with van der Waals surface area (Å²) in [6.45, 7) is 0. The number of hydrazine groups is 1. The van der Waals surface area contributed by atoms with E-state index in [4.69, 9.17) is 17.4 Å². The normalized spacial score (nSPS) is 16.9. The number of aliphatic imine (C=N–C) groups is 1. The van der Waals surface area contributed by atoms with Crippen molar-refractivity contribution < 1.29 is 0 Å². The topological polar surface area (TPSA) is 62.4 Å². The average Bonchev–Trinajstić information content (AvgIpc) is 2.86. The van der Waals surface area contributed by atoms with Crippen LogP contribution in [-0.4, -0.2) is 12.0 Å². The minimum Gasteiger partial charge on any atom is -0.325 e. The minimum absolute atomic E-state index is 0.374. The van der Waals surface area contributed by atoms with Crippen LogP contribution in [0.2, 0.25) is 5.02 Å². The molecule has 4 nitrogen and oxygen atoms in total. The van der Waals surface area contributed by atoms with Gasteiger partial charge in [-0.15, -0.1) is 0 Å². The van der Waals surface area contributed by atoms with Gasteiger partial charge in [0.15, 0.2) is 0 Å². The Morgan fingerprint density at radius 1 is 1.39 bits per heavy atom. The van der Waals surface area contributed by atoms with Crippen LogP contribution in [0.5, 0.6) is 0 Å². The molecule has 0 atom stereocenters. The third-order valence-corrected chi connectivity index (χ3v) is 4.17. The predicted octanol–water partition coefficient (Wildman–Crippen LogP) is 3.28. The van der Waals surface area contributed by atoms with Gasteiger partial charge in [0.2, 0.25) is 5.96 Å². The molecule has 4 N–H and O–H groups in total. The quantitative estimate of drug-likeness (QED) is 0.337. The van der Waals surface area contributed by atoms with E-state index in [1.165, 1.54) is 12.8 Å². The zero-order valence-corrected chi connectivity index (χ0v) is 12.3. The van der Waals surface area contributed by atoms with Gasteiger partial charge in [-0.2, -0.15) is 0 Å². The predicted molar refractivity (Wildman–Crippen MR) is 79.8 cm³/mol. The molecule has 6 heteroatoms. The first kappa shape index (κ1) is 13.6. The molecule has 0 radical (unpaired) electrons. The fraction of sp³-hybridized carbons (Fsp3) is 0.417. The van der Waals surface area contributed by atoms with Crippen LogP contribution < -0.4 is 16.6 Å². The van der Waals surface area contributed by atoms with Crippen LogP contribution in [0.15, 0.2) is 27.7 Å². The number of nitrogens with two attached hydrogens (primary N) is 1. The molecule has 1 aromatic carbocycles. The fourth-order valence-corrected chi connectivity index (χ4v) is 2.53. The van der Waals surface area contributed by atoms with E-state index in [2.05, 4.69) is 31.7 Å². The van der Waals surface area contributed by atoms with Gasteiger partial charge in [0, 0.05) is 10.2 Å². The summed E-state index contributed by atoms with van der Waals surface area (Å²) in [7, 11) is 0. The Balaban J connectivity index is 2.07. The zero-order chi connectivity index (χ0) is 13.0. The van der Waals surface area contributed by atoms with Crippen molar-refractivity contribution in [2.75, 3.05) is 5.32 Å². The SMILES string of the molecule is NNC(=NC1CCCC1)Nc1ccc(Cl)c(Br)c1. The largest absolute Gasteiger partial charge is 0.325 e. The fourth-order valence-electron chi connectivity index (χ4n) is 2.03. The van der Waals surface area contributed by atoms with Gasteiger partial charge in [-0.3, -0.25) is 5.43 Å². The molecule has 0 aromatic heterocycles. The highest BCUT2D eigenvalue weighted by molar-refractivity contribution is 9.10. The van der Waals surface area contributed by atoms with Crippen LogP contribution in [0.4, 0.5) is 5.69 Å². The third kappa shape index (κ3) is 3.60. The summed E-state index contributed by atoms with van der Waals surface area (Å²) in [6, 6.07) is 5.97. The molecule has 0 spiro atoms. The number of rotatable bonds is 2. The average molecular weight is 332 g/mol. The van der Waals surface area contributed by atoms with E-state index in [9.17, 15) is 0 Å². The van der Waals surface area contributed by atoms with Crippen LogP contribution in [0.3, 0.4) is 0 Å². The lowest BCUT2D eigenvalue weighted by Gasteiger charge is -2.12. The van der Waals surface area contributed by atoms with Crippen molar-refractivity contribution in [3.05, 3.63) is 27.7 Å². The molecular weight excluding hydrogens is 316 g/mol. The number of hydrogen-bond donors (Lipinski definition) is 3. The van der Waals surface area contributed by atoms with Crippen LogP contribution in [0.1, 0.15) is 25.7 Å². The highest BCUT2D eigenvalue weighted by Gasteiger charge is 2.14. The van der Waals surface area contributed by atoms with Gasteiger partial charge in [0.05, 0.1) is 11.1 Å². The van der Waals surface area contributed by atoms with E-state index in [0.717, 1.165) is 23.0 Å². The molecule has 1 aromatic rings. The monoisotopic (exact) mass is 330 g/mol. The molecule has 0 heterocycles. The van der Waals surface area contributed by atoms with E-state index in [1.54, 1.807) is 0 Å². The summed E-state index contributed by atoms with van der Waals surface area (Å²) in [6.07, 6.45) is 4.77. The van der Waals surface area contributed by atoms with Crippen LogP contribution in [0, 0.1) is 0 Å². The van der Waals surface area contributed by atoms with E-state index < -0.39 is 0 Å². The number of nitrogens with zero attached hydrogens (tertiary/aromatic N) is 1. The van der Waals surface area contributed by atoms with Gasteiger partial charge in [-0.1, -0.05) is 24.4 Å². The number of anilines is 1. The standard InChI is InChI=1S/C12H16BrClN4/c13-10-7-9(5-6-11(10)14)17-12(18-15)16-8-3-1-2-4-8/h5-8H,1-4,15H2,(H2,16,17,18). The van der Waals surface area contributed by atoms with Crippen molar-refractivity contribution in [3.8, 4) is 0 Å². The first-order chi connectivity index (χ1) is 8.69. The van der Waals surface area contributed by atoms with E-state index >= 15 is 0 Å². The van der Waals surface area contributed by atoms with Gasteiger partial charge in [0.25, 0.3) is 0 Å². The molecule has 1 saturated carbocycles. The summed E-state index contributed by atoms with van der Waals surface area (Å²) >= 11 is 9.33. The highest BCUT2D eigenvalue weighted by atomic mass is 79.9. The lowest BCUT2D eigenvalue weighted by atomic mass is 10.3. The Morgan fingerprint density at radius 3 is 2.72 bits per heavy atom. The Morgan fingerprint density at radius 2 is 2.11 bits per heavy atom. The molecule has 1 aliphatic rings. The highest BCUT2D eigenvalue weighted by Crippen LogP contribution is 2.26. The second kappa shape index (κ2) is 6.41. The molecule has 0 aliphatic heterocycles. The maximum Gasteiger partial charge on any atom is 0.210 e. The van der Waals surface area contributed by atoms with Crippen molar-refractivity contribution in [1.82, 2.24) is 5.43 Å². The van der Waals surface area contributed by atoms with Crippen molar-refractivity contribution in [1.29, 1.82) is 0 Å². The Kier molecular flexibility index (Phi) is 4.86. The molecule has 2 rings (SSSR count). The summed E-state index contributed by atoms with van der Waals surface area (Å²) in [5.41, 5.74) is 3.49. The van der Waals surface area contributed by atoms with Crippen LogP contribution in [0.25, 0.3) is 0 Å². The minimum atomic E-state index is 0.374. The second-order valence-electron chi connectivity index (χ2n) is 4.31. The van der Waals surface area contributed by atoms with E-state index in [1.807, 2.05) is 18.2 Å². The first-order valence-electron chi connectivity index (χ1n) is 5.95. The van der Waals surface area contributed by atoms with Crippen molar-refractivity contribution >= 4 is 39.2 Å². The summed E-state index contributed by atoms with van der Waals surface area (Å²) < 4.78 is 0.839. The maximum atomic E-state index is 5.94. The number of benzene rings is 1. The van der Waals surface area contributed by atoms with Gasteiger partial charge in [-0.05, 0) is 47.0 Å². The molecule has 18 heavy (non-hydrogen) atoms. The summed E-state index contributed by atoms with van der Waals surface area (Å²) in [5, 5.41) is 3.83. The van der Waals surface area contributed by atoms with Crippen LogP contribution in [-0.2, 0) is 0 Å². The number of hydrogen-bond acceptors (Lipinski definition) is 2. The second-order valence-corrected chi connectivity index (χ2v) is 5.58. The van der Waals surface area contributed by atoms with Gasteiger partial charge in [-0.25, -0.2) is 10.8 Å². The maximum absolute atomic E-state index is 5.94. The molecular formula is C12H16BrClN4. The molecule has 1 fully saturated rings. The molecule has 1 aliphatic carbocycles. The van der Waals surface area contributed by atoms with Crippen molar-refractivity contribution in [2.24, 2.45) is 10.8 Å². The van der Waals surface area contributed by atoms with E-state index in [-0.39, 0.29) is 0 Å². The van der Waals surface area contributed by atoms with Crippen molar-refractivity contribution in [3.63, 3.8) is 0 Å². The Bertz CT molecular complexity index is 444. The lowest BCUT2D eigenvalue weighted by Crippen LogP contribution is -2.37. The number of guanidine groups is 1. The van der Waals surface area contributed by atoms with Crippen molar-refractivity contribution in [2.45, 2.75) is 31.7 Å². The zero-order valence-electron chi connectivity index (χ0n) is 9.92. The molecule has 0 saturated heterocycles. The number of halogens is 2. The van der Waals surface area contributed by atoms with Gasteiger partial charge >= 0.3 is 0 Å². The lowest BCUT2D eigenvalue weighted by molar-refractivity contribution is 0.700. The third-order valence-electron chi connectivity index (χ3n) is 2.96. The number of nitrogens with one attached hydrogen (secondary N) is 2. The van der Waals surface area contributed by atoms with Gasteiger partial charge < -0.3 is 5.32 Å². The van der Waals surface area contributed by atoms with Gasteiger partial charge in [0.1, 0.15) is 0 Å². The smallest absolute Gasteiger partial charge is 0.210 e. The first-order valence-corrected chi connectivity index (χ1v) is 7.12. The molecule has 0 amide bonds. The summed E-state index contributed by atoms with van der Waals surface area (Å²) in [5.74, 6) is 6.08. The summed E-state index contributed by atoms with van der Waals surface area (Å²) in [4.78, 5) is 4.56. The van der Waals surface area contributed by atoms with Crippen LogP contribution >= 0.6 is 27.5 Å². The molecule has 0 unspecified atom stereocenters. The molecule has 98 valence electrons. The Hall–Kier alpha value is -0.780. The van der Waals surface area contributed by atoms with E-state index in [0.29, 0.717) is 17.0 Å².